The van der Waals surface area contributed by atoms with E-state index >= 15 is 0 Å². The number of anilines is 2. The van der Waals surface area contributed by atoms with Gasteiger partial charge < -0.3 is 10.2 Å². The van der Waals surface area contributed by atoms with Crippen LogP contribution in [0.5, 0.6) is 0 Å². The number of hydrogen-bond acceptors (Lipinski definition) is 2. The van der Waals surface area contributed by atoms with Crippen molar-refractivity contribution in [1.29, 1.82) is 0 Å². The third-order valence-corrected chi connectivity index (χ3v) is 4.09. The fourth-order valence-corrected chi connectivity index (χ4v) is 2.97. The number of benzene rings is 1. The topological polar surface area (TPSA) is 15.3 Å². The van der Waals surface area contributed by atoms with Crippen LogP contribution in [0.15, 0.2) is 12.1 Å². The zero-order valence-corrected chi connectivity index (χ0v) is 12.3. The molecule has 0 bridgehead atoms. The molecular formula is C14H18ClF3N2. The minimum Gasteiger partial charge on any atom is -0.388 e. The summed E-state index contributed by atoms with van der Waals surface area (Å²) in [6.45, 7) is 2.50. The molecule has 1 aromatic carbocycles. The molecule has 1 heterocycles. The molecule has 2 rings (SSSR count). The minimum absolute atomic E-state index is 0.0184. The summed E-state index contributed by atoms with van der Waals surface area (Å²) in [7, 11) is 1.79. The van der Waals surface area contributed by atoms with E-state index in [1.54, 1.807) is 18.0 Å². The first-order chi connectivity index (χ1) is 9.32. The molecule has 0 radical (unpaired) electrons. The molecule has 0 aromatic heterocycles. The normalized spacial score (nSPS) is 20.1. The summed E-state index contributed by atoms with van der Waals surface area (Å²) < 4.78 is 38.6. The lowest BCUT2D eigenvalue weighted by atomic mass is 9.97. The molecule has 1 aliphatic heterocycles. The first kappa shape index (κ1) is 15.3. The quantitative estimate of drug-likeness (QED) is 0.867. The molecular weight excluding hydrogens is 289 g/mol. The van der Waals surface area contributed by atoms with Crippen molar-refractivity contribution < 1.29 is 13.2 Å². The first-order valence-electron chi connectivity index (χ1n) is 6.62. The van der Waals surface area contributed by atoms with E-state index < -0.39 is 12.1 Å². The monoisotopic (exact) mass is 306 g/mol. The summed E-state index contributed by atoms with van der Waals surface area (Å²) in [6, 6.07) is 3.62. The molecule has 0 saturated carbocycles. The number of alkyl halides is 3. The maximum absolute atomic E-state index is 12.9. The molecule has 1 saturated heterocycles. The summed E-state index contributed by atoms with van der Waals surface area (Å²) in [5, 5.41) is 3.54. The third kappa shape index (κ3) is 3.14. The van der Waals surface area contributed by atoms with Gasteiger partial charge in [0.05, 0.1) is 16.6 Å². The maximum Gasteiger partial charge on any atom is 0.393 e. The van der Waals surface area contributed by atoms with E-state index in [-0.39, 0.29) is 13.0 Å². The van der Waals surface area contributed by atoms with Gasteiger partial charge in [-0.1, -0.05) is 11.6 Å². The molecule has 0 aliphatic carbocycles. The van der Waals surface area contributed by atoms with Gasteiger partial charge in [0, 0.05) is 25.8 Å². The highest BCUT2D eigenvalue weighted by atomic mass is 35.5. The summed E-state index contributed by atoms with van der Waals surface area (Å²) in [5.41, 5.74) is 2.54. The highest BCUT2D eigenvalue weighted by Crippen LogP contribution is 2.38. The lowest BCUT2D eigenvalue weighted by Crippen LogP contribution is -2.41. The standard InChI is InChI=1S/C14H18ClF3N2/c1-9-6-11(15)13(7-12(9)19-2)20-5-3-4-10(8-20)14(16,17)18/h6-7,10,19H,3-5,8H2,1-2H3. The van der Waals surface area contributed by atoms with Gasteiger partial charge >= 0.3 is 6.18 Å². The van der Waals surface area contributed by atoms with Crippen LogP contribution in [0.25, 0.3) is 0 Å². The van der Waals surface area contributed by atoms with Gasteiger partial charge in [-0.05, 0) is 37.5 Å². The van der Waals surface area contributed by atoms with Gasteiger partial charge in [-0.3, -0.25) is 0 Å². The molecule has 1 aromatic rings. The Labute approximate surface area is 121 Å². The van der Waals surface area contributed by atoms with E-state index in [1.807, 2.05) is 13.0 Å². The second-order valence-electron chi connectivity index (χ2n) is 5.20. The van der Waals surface area contributed by atoms with E-state index in [1.165, 1.54) is 0 Å². The highest BCUT2D eigenvalue weighted by molar-refractivity contribution is 6.33. The Morgan fingerprint density at radius 3 is 2.65 bits per heavy atom. The van der Waals surface area contributed by atoms with E-state index in [0.717, 1.165) is 11.3 Å². The Balaban J connectivity index is 2.27. The fraction of sp³-hybridized carbons (Fsp3) is 0.571. The summed E-state index contributed by atoms with van der Waals surface area (Å²) in [4.78, 5) is 1.74. The molecule has 20 heavy (non-hydrogen) atoms. The number of hydrogen-bond donors (Lipinski definition) is 1. The van der Waals surface area contributed by atoms with Crippen LogP contribution >= 0.6 is 11.6 Å². The fourth-order valence-electron chi connectivity index (χ4n) is 2.64. The van der Waals surface area contributed by atoms with E-state index in [0.29, 0.717) is 23.7 Å². The molecule has 6 heteroatoms. The lowest BCUT2D eigenvalue weighted by Gasteiger charge is -2.36. The van der Waals surface area contributed by atoms with Crippen LogP contribution < -0.4 is 10.2 Å². The molecule has 1 N–H and O–H groups in total. The average molecular weight is 307 g/mol. The van der Waals surface area contributed by atoms with Crippen LogP contribution in [-0.2, 0) is 0 Å². The first-order valence-corrected chi connectivity index (χ1v) is 7.00. The predicted molar refractivity (Wildman–Crippen MR) is 76.7 cm³/mol. The molecule has 1 atom stereocenters. The van der Waals surface area contributed by atoms with Crippen molar-refractivity contribution in [3.05, 3.63) is 22.7 Å². The smallest absolute Gasteiger partial charge is 0.388 e. The van der Waals surface area contributed by atoms with Gasteiger partial charge in [-0.15, -0.1) is 0 Å². The lowest BCUT2D eigenvalue weighted by molar-refractivity contribution is -0.175. The predicted octanol–water partition coefficient (Wildman–Crippen LogP) is 4.47. The number of nitrogens with one attached hydrogen (secondary N) is 1. The van der Waals surface area contributed by atoms with Crippen molar-refractivity contribution in [2.45, 2.75) is 25.9 Å². The molecule has 1 fully saturated rings. The zero-order valence-electron chi connectivity index (χ0n) is 11.5. The van der Waals surface area contributed by atoms with Crippen LogP contribution in [0.3, 0.4) is 0 Å². The maximum atomic E-state index is 12.9. The Morgan fingerprint density at radius 1 is 1.35 bits per heavy atom. The van der Waals surface area contributed by atoms with Gasteiger partial charge in [-0.25, -0.2) is 0 Å². The van der Waals surface area contributed by atoms with E-state index in [9.17, 15) is 13.2 Å². The van der Waals surface area contributed by atoms with E-state index in [4.69, 9.17) is 11.6 Å². The van der Waals surface area contributed by atoms with Crippen LogP contribution in [0.2, 0.25) is 5.02 Å². The molecule has 2 nitrogen and oxygen atoms in total. The number of halogens is 4. The van der Waals surface area contributed by atoms with Crippen molar-refractivity contribution >= 4 is 23.0 Å². The Morgan fingerprint density at radius 2 is 2.05 bits per heavy atom. The Hall–Kier alpha value is -1.10. The number of aryl methyl sites for hydroxylation is 1. The molecule has 1 aliphatic rings. The van der Waals surface area contributed by atoms with Crippen LogP contribution in [0.1, 0.15) is 18.4 Å². The van der Waals surface area contributed by atoms with Crippen molar-refractivity contribution in [3.8, 4) is 0 Å². The van der Waals surface area contributed by atoms with Gasteiger partial charge in [0.2, 0.25) is 0 Å². The van der Waals surface area contributed by atoms with Gasteiger partial charge in [-0.2, -0.15) is 13.2 Å². The summed E-state index contributed by atoms with van der Waals surface area (Å²) >= 11 is 6.20. The van der Waals surface area contributed by atoms with Crippen LogP contribution in [-0.4, -0.2) is 26.3 Å². The Bertz CT molecular complexity index is 488. The second-order valence-corrected chi connectivity index (χ2v) is 5.60. The third-order valence-electron chi connectivity index (χ3n) is 3.79. The second kappa shape index (κ2) is 5.72. The van der Waals surface area contributed by atoms with Crippen LogP contribution in [0, 0.1) is 12.8 Å². The highest BCUT2D eigenvalue weighted by Gasteiger charge is 2.42. The summed E-state index contributed by atoms with van der Waals surface area (Å²) in [6.07, 6.45) is -3.41. The van der Waals surface area contributed by atoms with Gasteiger partial charge in [0.15, 0.2) is 0 Å². The molecule has 0 amide bonds. The van der Waals surface area contributed by atoms with Crippen molar-refractivity contribution in [2.24, 2.45) is 5.92 Å². The number of nitrogens with zero attached hydrogens (tertiary/aromatic N) is 1. The average Bonchev–Trinajstić information content (AvgIpc) is 2.38. The van der Waals surface area contributed by atoms with Crippen molar-refractivity contribution in [3.63, 3.8) is 0 Å². The van der Waals surface area contributed by atoms with Gasteiger partial charge in [0.25, 0.3) is 0 Å². The number of piperidine rings is 1. The summed E-state index contributed by atoms with van der Waals surface area (Å²) in [5.74, 6) is -1.27. The van der Waals surface area contributed by atoms with E-state index in [2.05, 4.69) is 5.32 Å². The zero-order chi connectivity index (χ0) is 14.9. The minimum atomic E-state index is -4.14. The molecule has 0 spiro atoms. The largest absolute Gasteiger partial charge is 0.393 e. The molecule has 112 valence electrons. The number of rotatable bonds is 2. The molecule has 1 unspecified atom stereocenters. The van der Waals surface area contributed by atoms with Crippen molar-refractivity contribution in [1.82, 2.24) is 0 Å². The van der Waals surface area contributed by atoms with Crippen LogP contribution in [0.4, 0.5) is 24.5 Å². The van der Waals surface area contributed by atoms with Crippen molar-refractivity contribution in [2.75, 3.05) is 30.4 Å². The van der Waals surface area contributed by atoms with Gasteiger partial charge in [0.1, 0.15) is 0 Å². The SMILES string of the molecule is CNc1cc(N2CCCC(C(F)(F)F)C2)c(Cl)cc1C. The Kier molecular flexibility index (Phi) is 4.37.